The van der Waals surface area contributed by atoms with E-state index in [0.29, 0.717) is 22.0 Å². The SMILES string of the molecule is CC(Sc1ccc(NC(=O)c2ccc(Cl)cc2Cl)cc1)C(=O)Nc1cccc(C(=O)O)c1. The van der Waals surface area contributed by atoms with Crippen LogP contribution in [0, 0.1) is 0 Å². The largest absolute Gasteiger partial charge is 0.478 e. The van der Waals surface area contributed by atoms with Crippen LogP contribution in [0.25, 0.3) is 0 Å². The lowest BCUT2D eigenvalue weighted by Gasteiger charge is -2.13. The van der Waals surface area contributed by atoms with Gasteiger partial charge in [-0.2, -0.15) is 0 Å². The van der Waals surface area contributed by atoms with Crippen LogP contribution in [-0.2, 0) is 4.79 Å². The van der Waals surface area contributed by atoms with Gasteiger partial charge in [0.1, 0.15) is 0 Å². The van der Waals surface area contributed by atoms with E-state index < -0.39 is 11.2 Å². The Kier molecular flexibility index (Phi) is 7.80. The smallest absolute Gasteiger partial charge is 0.335 e. The lowest BCUT2D eigenvalue weighted by molar-refractivity contribution is -0.115. The number of carboxylic acid groups (broad SMARTS) is 1. The fourth-order valence-electron chi connectivity index (χ4n) is 2.72. The number of rotatable bonds is 7. The first-order chi connectivity index (χ1) is 15.2. The van der Waals surface area contributed by atoms with Crippen molar-refractivity contribution < 1.29 is 19.5 Å². The van der Waals surface area contributed by atoms with E-state index in [1.54, 1.807) is 55.5 Å². The lowest BCUT2D eigenvalue weighted by Crippen LogP contribution is -2.22. The molecular weight excluding hydrogens is 471 g/mol. The summed E-state index contributed by atoms with van der Waals surface area (Å²) in [6, 6.07) is 17.7. The number of amides is 2. The highest BCUT2D eigenvalue weighted by atomic mass is 35.5. The van der Waals surface area contributed by atoms with E-state index in [1.807, 2.05) is 0 Å². The molecule has 32 heavy (non-hydrogen) atoms. The maximum atomic E-state index is 12.5. The van der Waals surface area contributed by atoms with Gasteiger partial charge in [-0.3, -0.25) is 9.59 Å². The number of thioether (sulfide) groups is 1. The molecule has 0 fully saturated rings. The Balaban J connectivity index is 1.58. The number of nitrogens with one attached hydrogen (secondary N) is 2. The number of benzene rings is 3. The highest BCUT2D eigenvalue weighted by molar-refractivity contribution is 8.00. The Hall–Kier alpha value is -3.00. The molecule has 0 aliphatic carbocycles. The van der Waals surface area contributed by atoms with Gasteiger partial charge in [-0.05, 0) is 67.6 Å². The molecule has 3 aromatic rings. The summed E-state index contributed by atoms with van der Waals surface area (Å²) < 4.78 is 0. The van der Waals surface area contributed by atoms with Crippen LogP contribution in [0.4, 0.5) is 11.4 Å². The van der Waals surface area contributed by atoms with E-state index in [-0.39, 0.29) is 22.4 Å². The maximum absolute atomic E-state index is 12.5. The number of carbonyl (C=O) groups is 3. The number of aromatic carboxylic acids is 1. The number of anilines is 2. The maximum Gasteiger partial charge on any atom is 0.335 e. The van der Waals surface area contributed by atoms with E-state index in [9.17, 15) is 14.4 Å². The van der Waals surface area contributed by atoms with Gasteiger partial charge in [0, 0.05) is 21.3 Å². The van der Waals surface area contributed by atoms with Crippen LogP contribution in [0.5, 0.6) is 0 Å². The van der Waals surface area contributed by atoms with Crippen molar-refractivity contribution in [2.45, 2.75) is 17.1 Å². The van der Waals surface area contributed by atoms with Crippen molar-refractivity contribution in [1.82, 2.24) is 0 Å². The van der Waals surface area contributed by atoms with Crippen molar-refractivity contribution in [3.05, 3.63) is 87.9 Å². The van der Waals surface area contributed by atoms with Crippen molar-refractivity contribution in [2.24, 2.45) is 0 Å². The third-order valence-corrected chi connectivity index (χ3v) is 6.01. The fraction of sp³-hybridized carbons (Fsp3) is 0.0870. The molecule has 164 valence electrons. The summed E-state index contributed by atoms with van der Waals surface area (Å²) in [5.74, 6) is -1.68. The monoisotopic (exact) mass is 488 g/mol. The Morgan fingerprint density at radius 2 is 1.62 bits per heavy atom. The molecule has 0 aliphatic heterocycles. The van der Waals surface area contributed by atoms with Gasteiger partial charge in [0.2, 0.25) is 5.91 Å². The number of halogens is 2. The molecule has 3 N–H and O–H groups in total. The molecule has 3 rings (SSSR count). The Bertz CT molecular complexity index is 1170. The van der Waals surface area contributed by atoms with Crippen molar-refractivity contribution in [3.8, 4) is 0 Å². The second-order valence-corrected chi connectivity index (χ2v) is 9.00. The Labute approximate surface area is 198 Å². The summed E-state index contributed by atoms with van der Waals surface area (Å²) in [4.78, 5) is 36.8. The van der Waals surface area contributed by atoms with Gasteiger partial charge in [-0.15, -0.1) is 11.8 Å². The summed E-state index contributed by atoms with van der Waals surface area (Å²) in [6.45, 7) is 1.75. The third-order valence-electron chi connectivity index (χ3n) is 4.35. The molecule has 9 heteroatoms. The Morgan fingerprint density at radius 3 is 2.28 bits per heavy atom. The normalized spacial score (nSPS) is 11.5. The van der Waals surface area contributed by atoms with Gasteiger partial charge in [0.25, 0.3) is 5.91 Å². The fourth-order valence-corrected chi connectivity index (χ4v) is 4.08. The zero-order valence-corrected chi connectivity index (χ0v) is 19.1. The molecule has 0 radical (unpaired) electrons. The minimum Gasteiger partial charge on any atom is -0.478 e. The second-order valence-electron chi connectivity index (χ2n) is 6.74. The lowest BCUT2D eigenvalue weighted by atomic mass is 10.2. The van der Waals surface area contributed by atoms with Crippen LogP contribution in [0.1, 0.15) is 27.6 Å². The first-order valence-corrected chi connectivity index (χ1v) is 11.0. The summed E-state index contributed by atoms with van der Waals surface area (Å²) in [5, 5.41) is 14.8. The molecule has 0 heterocycles. The molecule has 3 aromatic carbocycles. The van der Waals surface area contributed by atoms with Gasteiger partial charge in [0.15, 0.2) is 0 Å². The second kappa shape index (κ2) is 10.5. The predicted octanol–water partition coefficient (Wildman–Crippen LogP) is 6.06. The minimum absolute atomic E-state index is 0.0978. The summed E-state index contributed by atoms with van der Waals surface area (Å²) >= 11 is 13.3. The minimum atomic E-state index is -1.06. The molecule has 1 unspecified atom stereocenters. The summed E-state index contributed by atoms with van der Waals surface area (Å²) in [6.07, 6.45) is 0. The molecule has 0 spiro atoms. The van der Waals surface area contributed by atoms with Crippen LogP contribution in [-0.4, -0.2) is 28.1 Å². The van der Waals surface area contributed by atoms with E-state index in [4.69, 9.17) is 28.3 Å². The number of carboxylic acids is 1. The topological polar surface area (TPSA) is 95.5 Å². The van der Waals surface area contributed by atoms with Crippen LogP contribution in [0.3, 0.4) is 0 Å². The van der Waals surface area contributed by atoms with Gasteiger partial charge in [-0.1, -0.05) is 29.3 Å². The number of hydrogen-bond donors (Lipinski definition) is 3. The molecule has 2 amide bonds. The summed E-state index contributed by atoms with van der Waals surface area (Å²) in [5.41, 5.74) is 1.40. The van der Waals surface area contributed by atoms with Crippen molar-refractivity contribution in [1.29, 1.82) is 0 Å². The van der Waals surface area contributed by atoms with Crippen LogP contribution in [0.15, 0.2) is 71.6 Å². The van der Waals surface area contributed by atoms with Crippen molar-refractivity contribution in [3.63, 3.8) is 0 Å². The van der Waals surface area contributed by atoms with E-state index in [0.717, 1.165) is 4.90 Å². The predicted molar refractivity (Wildman–Crippen MR) is 128 cm³/mol. The van der Waals surface area contributed by atoms with Gasteiger partial charge in [-0.25, -0.2) is 4.79 Å². The Morgan fingerprint density at radius 1 is 0.906 bits per heavy atom. The van der Waals surface area contributed by atoms with E-state index in [1.165, 1.54) is 30.0 Å². The van der Waals surface area contributed by atoms with Crippen molar-refractivity contribution in [2.75, 3.05) is 10.6 Å². The molecule has 0 saturated carbocycles. The van der Waals surface area contributed by atoms with Crippen LogP contribution >= 0.6 is 35.0 Å². The molecule has 1 atom stereocenters. The first kappa shape index (κ1) is 23.7. The first-order valence-electron chi connectivity index (χ1n) is 9.40. The summed E-state index contributed by atoms with van der Waals surface area (Å²) in [7, 11) is 0. The van der Waals surface area contributed by atoms with Crippen LogP contribution in [0.2, 0.25) is 10.0 Å². The quantitative estimate of drug-likeness (QED) is 0.351. The highest BCUT2D eigenvalue weighted by Gasteiger charge is 2.16. The molecule has 0 bridgehead atoms. The van der Waals surface area contributed by atoms with Gasteiger partial charge < -0.3 is 15.7 Å². The third kappa shape index (κ3) is 6.26. The molecule has 0 saturated heterocycles. The zero-order valence-electron chi connectivity index (χ0n) is 16.8. The number of hydrogen-bond acceptors (Lipinski definition) is 4. The molecular formula is C23H18Cl2N2O4S. The van der Waals surface area contributed by atoms with E-state index in [2.05, 4.69) is 10.6 Å². The number of carbonyl (C=O) groups excluding carboxylic acids is 2. The van der Waals surface area contributed by atoms with Crippen molar-refractivity contribution >= 4 is 64.1 Å². The average Bonchev–Trinajstić information content (AvgIpc) is 2.75. The van der Waals surface area contributed by atoms with Gasteiger partial charge >= 0.3 is 5.97 Å². The standard InChI is InChI=1S/C23H18Cl2N2O4S/c1-13(21(28)27-17-4-2-3-14(11-17)23(30)31)32-18-8-6-16(7-9-18)26-22(29)19-10-5-15(24)12-20(19)25/h2-13H,1H3,(H,26,29)(H,27,28)(H,30,31). The van der Waals surface area contributed by atoms with E-state index >= 15 is 0 Å². The van der Waals surface area contributed by atoms with Crippen LogP contribution < -0.4 is 10.6 Å². The highest BCUT2D eigenvalue weighted by Crippen LogP contribution is 2.27. The molecule has 0 aliphatic rings. The molecule has 0 aromatic heterocycles. The zero-order chi connectivity index (χ0) is 23.3. The average molecular weight is 489 g/mol. The molecule has 6 nitrogen and oxygen atoms in total. The van der Waals surface area contributed by atoms with Gasteiger partial charge in [0.05, 0.1) is 21.4 Å².